The molecule has 4 aromatic rings. The minimum Gasteiger partial charge on any atom is -0.398 e. The number of hydrogen-bond acceptors (Lipinski definition) is 3. The van der Waals surface area contributed by atoms with E-state index in [9.17, 15) is 0 Å². The molecule has 0 aliphatic heterocycles. The number of nitrogen functional groups attached to an aromatic ring is 1. The Morgan fingerprint density at radius 3 is 2.71 bits per heavy atom. The fourth-order valence-electron chi connectivity index (χ4n) is 2.79. The van der Waals surface area contributed by atoms with Gasteiger partial charge in [-0.25, -0.2) is 0 Å². The highest BCUT2D eigenvalue weighted by molar-refractivity contribution is 5.95. The van der Waals surface area contributed by atoms with Crippen LogP contribution >= 0.6 is 0 Å². The topological polar surface area (TPSA) is 56.2 Å². The zero-order valence-electron chi connectivity index (χ0n) is 11.6. The van der Waals surface area contributed by atoms with Crippen LogP contribution in [0.1, 0.15) is 5.56 Å². The summed E-state index contributed by atoms with van der Waals surface area (Å²) in [5, 5.41) is 11.0. The molecule has 4 nitrogen and oxygen atoms in total. The number of nitrogens with two attached hydrogens (primary N) is 1. The Morgan fingerprint density at radius 1 is 1.00 bits per heavy atom. The maximum absolute atomic E-state index is 5.97. The molecule has 0 unspecified atom stereocenters. The van der Waals surface area contributed by atoms with Crippen molar-refractivity contribution in [2.45, 2.75) is 6.92 Å². The standard InChI is InChI=1S/C17H14N4/c1-11-9-13(18)10-21-16(11)19-20-17(21)15-8-4-6-12-5-2-3-7-14(12)15/h2-10H,18H2,1H3. The first-order valence-electron chi connectivity index (χ1n) is 6.83. The third-order valence-electron chi connectivity index (χ3n) is 3.74. The minimum absolute atomic E-state index is 0.710. The first-order chi connectivity index (χ1) is 10.2. The molecular weight excluding hydrogens is 260 g/mol. The van der Waals surface area contributed by atoms with Gasteiger partial charge in [0.2, 0.25) is 0 Å². The van der Waals surface area contributed by atoms with Crippen LogP contribution < -0.4 is 5.73 Å². The third kappa shape index (κ3) is 1.76. The molecule has 0 radical (unpaired) electrons. The van der Waals surface area contributed by atoms with Gasteiger partial charge in [0.05, 0.1) is 0 Å². The van der Waals surface area contributed by atoms with Gasteiger partial charge in [0.15, 0.2) is 11.5 Å². The molecule has 4 heteroatoms. The summed E-state index contributed by atoms with van der Waals surface area (Å²) >= 11 is 0. The van der Waals surface area contributed by atoms with E-state index in [1.807, 2.05) is 41.8 Å². The first-order valence-corrected chi connectivity index (χ1v) is 6.83. The van der Waals surface area contributed by atoms with Gasteiger partial charge in [0.1, 0.15) is 0 Å². The normalized spacial score (nSPS) is 11.3. The molecule has 0 atom stereocenters. The smallest absolute Gasteiger partial charge is 0.169 e. The molecule has 4 rings (SSSR count). The summed E-state index contributed by atoms with van der Waals surface area (Å²) in [4.78, 5) is 0. The van der Waals surface area contributed by atoms with Gasteiger partial charge in [-0.15, -0.1) is 10.2 Å². The maximum atomic E-state index is 5.97. The predicted molar refractivity (Wildman–Crippen MR) is 85.1 cm³/mol. The molecule has 0 aliphatic carbocycles. The van der Waals surface area contributed by atoms with Crippen molar-refractivity contribution in [3.8, 4) is 11.4 Å². The third-order valence-corrected chi connectivity index (χ3v) is 3.74. The largest absolute Gasteiger partial charge is 0.398 e. The molecule has 0 saturated carbocycles. The summed E-state index contributed by atoms with van der Waals surface area (Å²) in [6, 6.07) is 16.4. The van der Waals surface area contributed by atoms with E-state index in [-0.39, 0.29) is 0 Å². The zero-order valence-corrected chi connectivity index (χ0v) is 11.6. The van der Waals surface area contributed by atoms with Crippen molar-refractivity contribution in [2.75, 3.05) is 5.73 Å². The van der Waals surface area contributed by atoms with Crippen LogP contribution in [-0.2, 0) is 0 Å². The summed E-state index contributed by atoms with van der Waals surface area (Å²) in [5.74, 6) is 0.817. The number of fused-ring (bicyclic) bond motifs is 2. The molecule has 102 valence electrons. The predicted octanol–water partition coefficient (Wildman–Crippen LogP) is 3.44. The Hall–Kier alpha value is -2.88. The second-order valence-corrected chi connectivity index (χ2v) is 5.20. The van der Waals surface area contributed by atoms with Crippen molar-refractivity contribution in [1.29, 1.82) is 0 Å². The lowest BCUT2D eigenvalue weighted by atomic mass is 10.0. The molecule has 0 bridgehead atoms. The van der Waals surface area contributed by atoms with Gasteiger partial charge in [0, 0.05) is 17.4 Å². The summed E-state index contributed by atoms with van der Waals surface area (Å²) in [5.41, 5.74) is 9.60. The van der Waals surface area contributed by atoms with E-state index in [0.717, 1.165) is 28.0 Å². The molecule has 0 saturated heterocycles. The average molecular weight is 274 g/mol. The summed E-state index contributed by atoms with van der Waals surface area (Å²) in [6.07, 6.45) is 1.87. The number of nitrogens with zero attached hydrogens (tertiary/aromatic N) is 3. The van der Waals surface area contributed by atoms with Gasteiger partial charge in [-0.2, -0.15) is 0 Å². The molecular formula is C17H14N4. The highest BCUT2D eigenvalue weighted by Crippen LogP contribution is 2.28. The van der Waals surface area contributed by atoms with Crippen molar-refractivity contribution >= 4 is 22.1 Å². The quantitative estimate of drug-likeness (QED) is 0.578. The number of aryl methyl sites for hydroxylation is 1. The van der Waals surface area contributed by atoms with Gasteiger partial charge in [-0.3, -0.25) is 4.40 Å². The molecule has 0 spiro atoms. The van der Waals surface area contributed by atoms with Gasteiger partial charge in [0.25, 0.3) is 0 Å². The van der Waals surface area contributed by atoms with Gasteiger partial charge >= 0.3 is 0 Å². The number of hydrogen-bond donors (Lipinski definition) is 1. The van der Waals surface area contributed by atoms with E-state index in [1.165, 1.54) is 5.39 Å². The van der Waals surface area contributed by atoms with Gasteiger partial charge < -0.3 is 5.73 Å². The number of benzene rings is 2. The summed E-state index contributed by atoms with van der Waals surface area (Å²) in [6.45, 7) is 1.99. The molecule has 0 amide bonds. The summed E-state index contributed by atoms with van der Waals surface area (Å²) in [7, 11) is 0. The maximum Gasteiger partial charge on any atom is 0.169 e. The first kappa shape index (κ1) is 11.9. The van der Waals surface area contributed by atoms with Gasteiger partial charge in [-0.05, 0) is 29.3 Å². The van der Waals surface area contributed by atoms with Crippen LogP contribution in [0, 0.1) is 6.92 Å². The lowest BCUT2D eigenvalue weighted by Crippen LogP contribution is -1.95. The Morgan fingerprint density at radius 2 is 1.81 bits per heavy atom. The molecule has 2 heterocycles. The molecule has 2 aromatic carbocycles. The average Bonchev–Trinajstić information content (AvgIpc) is 2.90. The molecule has 0 aliphatic rings. The second kappa shape index (κ2) is 4.31. The number of aromatic nitrogens is 3. The van der Waals surface area contributed by atoms with Crippen molar-refractivity contribution < 1.29 is 0 Å². The van der Waals surface area contributed by atoms with E-state index < -0.39 is 0 Å². The zero-order chi connectivity index (χ0) is 14.4. The van der Waals surface area contributed by atoms with Crippen molar-refractivity contribution in [3.05, 3.63) is 60.3 Å². The Balaban J connectivity index is 2.10. The van der Waals surface area contributed by atoms with E-state index in [0.29, 0.717) is 5.69 Å². The highest BCUT2D eigenvalue weighted by atomic mass is 15.2. The van der Waals surface area contributed by atoms with Crippen LogP contribution in [0.25, 0.3) is 27.8 Å². The van der Waals surface area contributed by atoms with Crippen molar-refractivity contribution in [1.82, 2.24) is 14.6 Å². The van der Waals surface area contributed by atoms with Crippen LogP contribution in [0.2, 0.25) is 0 Å². The molecule has 2 N–H and O–H groups in total. The van der Waals surface area contributed by atoms with E-state index in [4.69, 9.17) is 5.73 Å². The van der Waals surface area contributed by atoms with Crippen LogP contribution in [0.15, 0.2) is 54.7 Å². The van der Waals surface area contributed by atoms with E-state index >= 15 is 0 Å². The second-order valence-electron chi connectivity index (χ2n) is 5.20. The minimum atomic E-state index is 0.710. The van der Waals surface area contributed by atoms with Crippen LogP contribution in [0.4, 0.5) is 5.69 Å². The molecule has 0 fully saturated rings. The van der Waals surface area contributed by atoms with Crippen molar-refractivity contribution in [2.24, 2.45) is 0 Å². The highest BCUT2D eigenvalue weighted by Gasteiger charge is 2.12. The fourth-order valence-corrected chi connectivity index (χ4v) is 2.79. The van der Waals surface area contributed by atoms with Gasteiger partial charge in [-0.1, -0.05) is 42.5 Å². The van der Waals surface area contributed by atoms with Crippen molar-refractivity contribution in [3.63, 3.8) is 0 Å². The number of anilines is 1. The van der Waals surface area contributed by atoms with Crippen LogP contribution in [-0.4, -0.2) is 14.6 Å². The fraction of sp³-hybridized carbons (Fsp3) is 0.0588. The van der Waals surface area contributed by atoms with Crippen LogP contribution in [0.3, 0.4) is 0 Å². The molecule has 21 heavy (non-hydrogen) atoms. The Labute approximate surface area is 121 Å². The molecule has 2 aromatic heterocycles. The monoisotopic (exact) mass is 274 g/mol. The number of rotatable bonds is 1. The summed E-state index contributed by atoms with van der Waals surface area (Å²) < 4.78 is 1.96. The lowest BCUT2D eigenvalue weighted by molar-refractivity contribution is 1.11. The van der Waals surface area contributed by atoms with E-state index in [1.54, 1.807) is 0 Å². The number of pyridine rings is 1. The van der Waals surface area contributed by atoms with Crippen LogP contribution in [0.5, 0.6) is 0 Å². The lowest BCUT2D eigenvalue weighted by Gasteiger charge is -2.06. The van der Waals surface area contributed by atoms with E-state index in [2.05, 4.69) is 34.5 Å². The Bertz CT molecular complexity index is 964. The SMILES string of the molecule is Cc1cc(N)cn2c(-c3cccc4ccccc34)nnc12. The Kier molecular flexibility index (Phi) is 2.44.